The molecule has 60 heavy (non-hydrogen) atoms. The number of hydrogen-bond donors (Lipinski definition) is 0. The summed E-state index contributed by atoms with van der Waals surface area (Å²) in [6.07, 6.45) is 18.3. The van der Waals surface area contributed by atoms with Gasteiger partial charge in [0.1, 0.15) is 6.61 Å². The molecule has 3 aromatic heterocycles. The average molecular weight is 824 g/mol. The number of ketones is 1. The molecule has 8 bridgehead atoms. The van der Waals surface area contributed by atoms with Crippen LogP contribution in [0.25, 0.3) is 35.2 Å². The molecule has 0 amide bonds. The molecule has 2 fully saturated rings. The van der Waals surface area contributed by atoms with E-state index in [9.17, 15) is 9.59 Å². The Labute approximate surface area is 373 Å². The molecular formula is C50H63MgN4O5-. The molecule has 1 aliphatic carbocycles. The van der Waals surface area contributed by atoms with Crippen molar-refractivity contribution in [2.75, 3.05) is 13.7 Å². The van der Waals surface area contributed by atoms with E-state index in [1.807, 2.05) is 31.2 Å². The maximum absolute atomic E-state index is 14.5. The van der Waals surface area contributed by atoms with Gasteiger partial charge in [-0.25, -0.2) is 4.52 Å². The zero-order valence-corrected chi connectivity index (χ0v) is 39.1. The summed E-state index contributed by atoms with van der Waals surface area (Å²) < 4.78 is 8.41. The quantitative estimate of drug-likeness (QED) is 0.0354. The molecule has 10 heteroatoms. The van der Waals surface area contributed by atoms with Crippen molar-refractivity contribution in [2.45, 2.75) is 126 Å². The Morgan fingerprint density at radius 2 is 1.65 bits per heavy atom. The van der Waals surface area contributed by atoms with Crippen LogP contribution in [0.1, 0.15) is 154 Å². The van der Waals surface area contributed by atoms with Crippen LogP contribution in [0.15, 0.2) is 29.6 Å². The van der Waals surface area contributed by atoms with E-state index in [2.05, 4.69) is 72.6 Å². The summed E-state index contributed by atoms with van der Waals surface area (Å²) in [4.78, 5) is 49.2. The predicted molar refractivity (Wildman–Crippen MR) is 241 cm³/mol. The number of hydrogen-bond acceptors (Lipinski definition) is 4. The Balaban J connectivity index is 0.00000604. The molecule has 0 saturated carbocycles. The van der Waals surface area contributed by atoms with E-state index >= 15 is 0 Å². The van der Waals surface area contributed by atoms with Crippen LogP contribution in [0.2, 0.25) is 0 Å². The van der Waals surface area contributed by atoms with Gasteiger partial charge in [-0.2, -0.15) is 11.4 Å². The maximum Gasteiger partial charge on any atom is 2.00 e. The molecule has 316 valence electrons. The summed E-state index contributed by atoms with van der Waals surface area (Å²) in [5.74, 6) is 0.369. The molecule has 2 saturated heterocycles. The van der Waals surface area contributed by atoms with Crippen LogP contribution >= 0.6 is 0 Å². The van der Waals surface area contributed by atoms with Crippen molar-refractivity contribution in [1.29, 1.82) is 0 Å². The van der Waals surface area contributed by atoms with E-state index in [4.69, 9.17) is 29.9 Å². The molecule has 0 radical (unpaired) electrons. The first kappa shape index (κ1) is 45.7. The molecule has 4 aliphatic rings. The van der Waals surface area contributed by atoms with Crippen LogP contribution in [0.4, 0.5) is 0 Å². The van der Waals surface area contributed by atoms with Gasteiger partial charge < -0.3 is 25.0 Å². The minimum atomic E-state index is -0.616. The number of carbonyl (C=O) groups is 2. The Bertz CT molecular complexity index is 2350. The maximum atomic E-state index is 14.5. The van der Waals surface area contributed by atoms with Crippen molar-refractivity contribution in [3.8, 4) is 0 Å². The standard InChI is InChI=1S/C50H64N4O5.Mg/c1-12-34-30(7)37-24-39-32(9)36(20-21-43(55)57-23-22-29(6)19-15-18-28(5)17-14-16-27(3)4)47(53-39)45-46(50-58-59(50)11)49(56)44-33(10)40(54-48(44)45)26-42-35(13-2)31(8)38(52-42)25-41(34)51-37;/h12,22,24-28,32,36,46,50H,1,13-21,23H2,2-11H3,(H-,53,54,56);/q-2;+2/p-1/b29-22+,38-25-,39-24-,42-26-;/t28-,32+,36+,46-,50?;/m1./s1. The van der Waals surface area contributed by atoms with E-state index in [0.717, 1.165) is 104 Å². The van der Waals surface area contributed by atoms with Gasteiger partial charge in [0.25, 0.3) is 0 Å². The normalized spacial score (nSPS) is 24.6. The predicted octanol–water partition coefficient (Wildman–Crippen LogP) is 8.84. The van der Waals surface area contributed by atoms with E-state index in [0.29, 0.717) is 17.7 Å². The van der Waals surface area contributed by atoms with E-state index in [1.54, 1.807) is 7.11 Å². The van der Waals surface area contributed by atoms with Crippen LogP contribution < -0.4 is 25.7 Å². The molecular weight excluding hydrogens is 761 g/mol. The largest absolute Gasteiger partial charge is 2.00 e. The Morgan fingerprint density at radius 3 is 2.33 bits per heavy atom. The van der Waals surface area contributed by atoms with Crippen molar-refractivity contribution in [3.63, 3.8) is 0 Å². The summed E-state index contributed by atoms with van der Waals surface area (Å²) in [6.45, 7) is 23.9. The third-order valence-electron chi connectivity index (χ3n) is 13.2. The van der Waals surface area contributed by atoms with Gasteiger partial charge in [-0.3, -0.25) is 9.59 Å². The zero-order valence-electron chi connectivity index (χ0n) is 37.7. The Kier molecular flexibility index (Phi) is 14.5. The molecule has 6 heterocycles. The topological polar surface area (TPSA) is 115 Å². The number of aromatic nitrogens is 3. The first-order valence-corrected chi connectivity index (χ1v) is 21.9. The summed E-state index contributed by atoms with van der Waals surface area (Å²) in [6, 6.07) is 0. The van der Waals surface area contributed by atoms with Gasteiger partial charge in [0.2, 0.25) is 0 Å². The van der Waals surface area contributed by atoms with Gasteiger partial charge in [-0.1, -0.05) is 125 Å². The van der Waals surface area contributed by atoms with Crippen molar-refractivity contribution in [3.05, 3.63) is 102 Å². The smallest absolute Gasteiger partial charge is 0.664 e. The molecule has 0 spiro atoms. The van der Waals surface area contributed by atoms with Gasteiger partial charge in [0.15, 0.2) is 18.8 Å². The molecule has 0 aromatic carbocycles. The van der Waals surface area contributed by atoms with Crippen LogP contribution in [-0.2, 0) is 25.4 Å². The molecule has 5 atom stereocenters. The fourth-order valence-electron chi connectivity index (χ4n) is 9.45. The molecule has 9 nitrogen and oxygen atoms in total. The molecule has 0 N–H and O–H groups in total. The number of esters is 1. The van der Waals surface area contributed by atoms with Gasteiger partial charge >= 0.3 is 35.3 Å². The number of allylic oxidation sites excluding steroid dienone is 3. The zero-order chi connectivity index (χ0) is 42.3. The van der Waals surface area contributed by atoms with Crippen LogP contribution in [0, 0.1) is 50.4 Å². The molecule has 7 rings (SSSR count). The van der Waals surface area contributed by atoms with Gasteiger partial charge in [0, 0.05) is 12.0 Å². The van der Waals surface area contributed by atoms with E-state index in [-0.39, 0.29) is 59.7 Å². The fraction of sp³-hybridized carbons (Fsp3) is 0.520. The Morgan fingerprint density at radius 1 is 0.950 bits per heavy atom. The molecule has 3 aliphatic heterocycles. The molecule has 3 aromatic rings. The monoisotopic (exact) mass is 823 g/mol. The van der Waals surface area contributed by atoms with Crippen molar-refractivity contribution < 1.29 is 23.7 Å². The fourth-order valence-corrected chi connectivity index (χ4v) is 9.45. The number of Topliss-reactive ketones (excluding diaryl/α,β-unsaturated/α-hetero) is 1. The van der Waals surface area contributed by atoms with Crippen LogP contribution in [-0.4, -0.2) is 54.8 Å². The second kappa shape index (κ2) is 19.1. The first-order valence-electron chi connectivity index (χ1n) is 21.9. The summed E-state index contributed by atoms with van der Waals surface area (Å²) >= 11 is 0. The number of nitrogens with zero attached hydrogens (tertiary/aromatic N) is 4. The van der Waals surface area contributed by atoms with E-state index < -0.39 is 12.2 Å². The third kappa shape index (κ3) is 9.18. The second-order valence-corrected chi connectivity index (χ2v) is 17.9. The third-order valence-corrected chi connectivity index (χ3v) is 13.2. The number of rotatable bonds is 16. The first-order chi connectivity index (χ1) is 28.2. The minimum Gasteiger partial charge on any atom is -0.664 e. The summed E-state index contributed by atoms with van der Waals surface area (Å²) in [7, 11) is 1.77. The van der Waals surface area contributed by atoms with Gasteiger partial charge in [-0.15, -0.1) is 33.5 Å². The number of ether oxygens (including phenoxy) is 1. The summed E-state index contributed by atoms with van der Waals surface area (Å²) in [5, 5.41) is 7.06. The Hall–Kier alpha value is -3.83. The number of carbonyl (C=O) groups excluding carboxylic acids is 2. The van der Waals surface area contributed by atoms with E-state index in [1.165, 1.54) is 31.3 Å². The summed E-state index contributed by atoms with van der Waals surface area (Å²) in [5.41, 5.74) is 12.3. The second-order valence-electron chi connectivity index (χ2n) is 17.9. The van der Waals surface area contributed by atoms with Crippen LogP contribution in [0.3, 0.4) is 0 Å². The minimum absolute atomic E-state index is 0. The average Bonchev–Trinajstić information content (AvgIpc) is 3.41. The SMILES string of the molecule is C=Cc1c2[n-]c(c1C)/C=C1\[N-]/C(=C3\c4[n-]c(c(C)c4C(=O)[C@@H]3C3O[O+]3C)/C=c3\[n-]/c(c(C)c3CC)=C\2)[C@@H](CCC(=O)OC/C=C(\C)CCC[C@H](C)CCCC(C)C)[C@@H]1C.[Mg+2]. The van der Waals surface area contributed by atoms with Crippen molar-refractivity contribution in [2.24, 2.45) is 29.6 Å². The van der Waals surface area contributed by atoms with Crippen molar-refractivity contribution >= 4 is 64.7 Å². The van der Waals surface area contributed by atoms with Crippen LogP contribution in [0.5, 0.6) is 0 Å². The van der Waals surface area contributed by atoms with Gasteiger partial charge in [-0.05, 0) is 93.6 Å². The number of fused-ring (bicyclic) bond motifs is 7. The van der Waals surface area contributed by atoms with Gasteiger partial charge in [0.05, 0.1) is 0 Å². The molecule has 1 unspecified atom stereocenters. The van der Waals surface area contributed by atoms with Crippen molar-refractivity contribution in [1.82, 2.24) is 15.0 Å².